The summed E-state index contributed by atoms with van der Waals surface area (Å²) in [6, 6.07) is 13.2. The van der Waals surface area contributed by atoms with Crippen LogP contribution in [0.3, 0.4) is 0 Å². The standard InChI is InChI=1S/C20H17FN4O2/c1-13-10-17(14(2)25(13)16-7-5-6-15(21)11-16)18(26)12-24-20(27)23-9-4-3-8-19(23)22-24/h3-11H,12H2,1-2H3. The molecule has 4 aromatic rings. The molecule has 0 aliphatic carbocycles. The van der Waals surface area contributed by atoms with E-state index in [4.69, 9.17) is 0 Å². The van der Waals surface area contributed by atoms with E-state index in [-0.39, 0.29) is 23.8 Å². The third kappa shape index (κ3) is 2.87. The molecule has 3 aromatic heterocycles. The lowest BCUT2D eigenvalue weighted by Gasteiger charge is -2.10. The van der Waals surface area contributed by atoms with Gasteiger partial charge in [-0.25, -0.2) is 13.9 Å². The number of hydrogen-bond acceptors (Lipinski definition) is 3. The van der Waals surface area contributed by atoms with Crippen molar-refractivity contribution in [3.63, 3.8) is 0 Å². The predicted molar refractivity (Wildman–Crippen MR) is 99.0 cm³/mol. The van der Waals surface area contributed by atoms with Crippen LogP contribution in [0, 0.1) is 19.7 Å². The third-order valence-electron chi connectivity index (χ3n) is 4.58. The van der Waals surface area contributed by atoms with Crippen LogP contribution >= 0.6 is 0 Å². The van der Waals surface area contributed by atoms with Gasteiger partial charge in [-0.05, 0) is 50.2 Å². The van der Waals surface area contributed by atoms with Crippen LogP contribution in [0.15, 0.2) is 59.5 Å². The molecule has 0 atom stereocenters. The predicted octanol–water partition coefficient (Wildman–Crippen LogP) is 2.93. The molecule has 0 N–H and O–H groups in total. The number of benzene rings is 1. The summed E-state index contributed by atoms with van der Waals surface area (Å²) < 4.78 is 18.0. The highest BCUT2D eigenvalue weighted by Crippen LogP contribution is 2.22. The van der Waals surface area contributed by atoms with Crippen molar-refractivity contribution >= 4 is 11.4 Å². The lowest BCUT2D eigenvalue weighted by atomic mass is 10.1. The number of aromatic nitrogens is 4. The van der Waals surface area contributed by atoms with Crippen molar-refractivity contribution in [1.29, 1.82) is 0 Å². The van der Waals surface area contributed by atoms with E-state index in [0.717, 1.165) is 10.4 Å². The Hall–Kier alpha value is -3.48. The molecular formula is C20H17FN4O2. The molecule has 0 amide bonds. The highest BCUT2D eigenvalue weighted by atomic mass is 19.1. The fourth-order valence-electron chi connectivity index (χ4n) is 3.35. The molecule has 4 rings (SSSR count). The maximum atomic E-state index is 13.6. The number of carbonyl (C=O) groups is 1. The van der Waals surface area contributed by atoms with E-state index < -0.39 is 0 Å². The number of aryl methyl sites for hydroxylation is 1. The van der Waals surface area contributed by atoms with Gasteiger partial charge in [0.1, 0.15) is 12.4 Å². The topological polar surface area (TPSA) is 61.3 Å². The summed E-state index contributed by atoms with van der Waals surface area (Å²) in [5, 5.41) is 4.20. The maximum absolute atomic E-state index is 13.6. The van der Waals surface area contributed by atoms with Gasteiger partial charge in [0, 0.05) is 28.8 Å². The summed E-state index contributed by atoms with van der Waals surface area (Å²) in [5.41, 5.74) is 2.76. The highest BCUT2D eigenvalue weighted by molar-refractivity contribution is 5.97. The van der Waals surface area contributed by atoms with Gasteiger partial charge in [0.25, 0.3) is 0 Å². The number of ketones is 1. The number of hydrogen-bond donors (Lipinski definition) is 0. The molecule has 136 valence electrons. The molecule has 0 aliphatic heterocycles. The largest absolute Gasteiger partial charge is 0.350 e. The molecule has 3 heterocycles. The van der Waals surface area contributed by atoms with Crippen LogP contribution in [-0.2, 0) is 6.54 Å². The zero-order valence-corrected chi connectivity index (χ0v) is 14.9. The fraction of sp³-hybridized carbons (Fsp3) is 0.150. The normalized spacial score (nSPS) is 11.2. The van der Waals surface area contributed by atoms with E-state index >= 15 is 0 Å². The van der Waals surface area contributed by atoms with E-state index in [1.165, 1.54) is 16.5 Å². The number of rotatable bonds is 4. The van der Waals surface area contributed by atoms with E-state index in [1.54, 1.807) is 49.5 Å². The number of nitrogens with zero attached hydrogens (tertiary/aromatic N) is 4. The Morgan fingerprint density at radius 1 is 1.11 bits per heavy atom. The van der Waals surface area contributed by atoms with Crippen molar-refractivity contribution in [1.82, 2.24) is 18.7 Å². The van der Waals surface area contributed by atoms with Gasteiger partial charge in [0.05, 0.1) is 0 Å². The summed E-state index contributed by atoms with van der Waals surface area (Å²) in [6.07, 6.45) is 1.61. The van der Waals surface area contributed by atoms with Crippen molar-refractivity contribution in [2.45, 2.75) is 20.4 Å². The molecule has 6 nitrogen and oxygen atoms in total. The molecule has 27 heavy (non-hydrogen) atoms. The molecule has 0 saturated carbocycles. The first kappa shape index (κ1) is 17.0. The minimum absolute atomic E-state index is 0.159. The van der Waals surface area contributed by atoms with Crippen molar-refractivity contribution in [3.8, 4) is 5.69 Å². The van der Waals surface area contributed by atoms with Crippen molar-refractivity contribution in [2.75, 3.05) is 0 Å². The lowest BCUT2D eigenvalue weighted by molar-refractivity contribution is 0.0965. The van der Waals surface area contributed by atoms with E-state index in [9.17, 15) is 14.0 Å². The maximum Gasteiger partial charge on any atom is 0.350 e. The van der Waals surface area contributed by atoms with Gasteiger partial charge in [-0.1, -0.05) is 12.1 Å². The molecule has 0 radical (unpaired) electrons. The Morgan fingerprint density at radius 2 is 1.93 bits per heavy atom. The number of fused-ring (bicyclic) bond motifs is 1. The van der Waals surface area contributed by atoms with Crippen LogP contribution in [0.1, 0.15) is 21.7 Å². The third-order valence-corrected chi connectivity index (χ3v) is 4.58. The number of pyridine rings is 1. The summed E-state index contributed by atoms with van der Waals surface area (Å²) in [4.78, 5) is 25.2. The molecule has 0 unspecified atom stereocenters. The van der Waals surface area contributed by atoms with Crippen LogP contribution in [0.25, 0.3) is 11.3 Å². The van der Waals surface area contributed by atoms with Crippen molar-refractivity contribution in [2.24, 2.45) is 0 Å². The SMILES string of the molecule is Cc1cc(C(=O)Cn2nc3ccccn3c2=O)c(C)n1-c1cccc(F)c1. The Kier molecular flexibility index (Phi) is 3.99. The second kappa shape index (κ2) is 6.35. The van der Waals surface area contributed by atoms with Gasteiger partial charge in [0.2, 0.25) is 0 Å². The summed E-state index contributed by atoms with van der Waals surface area (Å²) >= 11 is 0. The monoisotopic (exact) mass is 364 g/mol. The van der Waals surface area contributed by atoms with Gasteiger partial charge >= 0.3 is 5.69 Å². The fourth-order valence-corrected chi connectivity index (χ4v) is 3.35. The molecule has 0 bridgehead atoms. The molecule has 0 saturated heterocycles. The molecule has 7 heteroatoms. The van der Waals surface area contributed by atoms with Gasteiger partial charge in [0.15, 0.2) is 11.4 Å². The Labute approximate surface area is 154 Å². The van der Waals surface area contributed by atoms with Crippen LogP contribution in [0.4, 0.5) is 4.39 Å². The van der Waals surface area contributed by atoms with E-state index in [0.29, 0.717) is 22.6 Å². The molecular weight excluding hydrogens is 347 g/mol. The highest BCUT2D eigenvalue weighted by Gasteiger charge is 2.19. The minimum atomic E-state index is -0.363. The Balaban J connectivity index is 1.71. The van der Waals surface area contributed by atoms with Gasteiger partial charge < -0.3 is 4.57 Å². The average Bonchev–Trinajstić information content (AvgIpc) is 3.12. The summed E-state index contributed by atoms with van der Waals surface area (Å²) in [6.45, 7) is 3.50. The first-order valence-electron chi connectivity index (χ1n) is 8.48. The number of Topliss-reactive ketones (excluding diaryl/α,β-unsaturated/α-hetero) is 1. The molecule has 0 fully saturated rings. The van der Waals surface area contributed by atoms with Crippen LogP contribution < -0.4 is 5.69 Å². The van der Waals surface area contributed by atoms with Gasteiger partial charge in [-0.2, -0.15) is 0 Å². The zero-order chi connectivity index (χ0) is 19.1. The van der Waals surface area contributed by atoms with Crippen LogP contribution in [0.5, 0.6) is 0 Å². The van der Waals surface area contributed by atoms with Gasteiger partial charge in [-0.15, -0.1) is 5.10 Å². The van der Waals surface area contributed by atoms with E-state index in [1.807, 2.05) is 11.5 Å². The van der Waals surface area contributed by atoms with Gasteiger partial charge in [-0.3, -0.25) is 9.20 Å². The zero-order valence-electron chi connectivity index (χ0n) is 14.9. The number of carbonyl (C=O) groups excluding carboxylic acids is 1. The average molecular weight is 364 g/mol. The van der Waals surface area contributed by atoms with Crippen molar-refractivity contribution < 1.29 is 9.18 Å². The van der Waals surface area contributed by atoms with Crippen LogP contribution in [-0.4, -0.2) is 24.5 Å². The smallest absolute Gasteiger partial charge is 0.318 e. The number of halogens is 1. The van der Waals surface area contributed by atoms with E-state index in [2.05, 4.69) is 5.10 Å². The minimum Gasteiger partial charge on any atom is -0.318 e. The molecule has 1 aromatic carbocycles. The Bertz CT molecular complexity index is 1230. The second-order valence-corrected chi connectivity index (χ2v) is 6.39. The molecule has 0 spiro atoms. The van der Waals surface area contributed by atoms with Crippen molar-refractivity contribution in [3.05, 3.63) is 88.0 Å². The first-order chi connectivity index (χ1) is 13.0. The summed E-state index contributed by atoms with van der Waals surface area (Å²) in [5.74, 6) is -0.569. The Morgan fingerprint density at radius 3 is 2.67 bits per heavy atom. The first-order valence-corrected chi connectivity index (χ1v) is 8.48. The second-order valence-electron chi connectivity index (χ2n) is 6.39. The summed E-state index contributed by atoms with van der Waals surface area (Å²) in [7, 11) is 0. The molecule has 0 aliphatic rings. The lowest BCUT2D eigenvalue weighted by Crippen LogP contribution is -2.25. The quantitative estimate of drug-likeness (QED) is 0.523. The van der Waals surface area contributed by atoms with Crippen LogP contribution in [0.2, 0.25) is 0 Å².